The number of hydrogen-bond acceptors (Lipinski definition) is 9. The number of aromatic nitrogens is 8. The Bertz CT molecular complexity index is 2090. The van der Waals surface area contributed by atoms with E-state index in [1.165, 1.54) is 23.1 Å². The highest BCUT2D eigenvalue weighted by molar-refractivity contribution is 5.93. The largest absolute Gasteiger partial charge is 0.365 e. The number of nitrogens with zero attached hydrogens (tertiary/aromatic N) is 10. The number of rotatable bonds is 2. The van der Waals surface area contributed by atoms with E-state index in [0.29, 0.717) is 60.8 Å². The van der Waals surface area contributed by atoms with Crippen molar-refractivity contribution in [3.8, 4) is 16.9 Å². The fraction of sp³-hybridized carbons (Fsp3) is 0.258. The van der Waals surface area contributed by atoms with Crippen LogP contribution in [0.2, 0.25) is 0 Å². The molecule has 1 fully saturated rings. The topological polar surface area (TPSA) is 123 Å². The summed E-state index contributed by atoms with van der Waals surface area (Å²) in [7, 11) is 1.81. The van der Waals surface area contributed by atoms with Crippen molar-refractivity contribution >= 4 is 39.7 Å². The van der Waals surface area contributed by atoms with Gasteiger partial charge in [0, 0.05) is 50.6 Å². The Labute approximate surface area is 255 Å². The number of pyridine rings is 2. The Hall–Kier alpha value is -5.53. The Kier molecular flexibility index (Phi) is 6.36. The standard InChI is InChI=1S/C31H27F2N11O/c1-41-10-3-11-42-17-37-28-27(42)20(8-9-34-28)23-4-2-5-26(40-23)39-19-13-25(31(41)45)43(15-19)29-21-14-38-44(30(21)36-16-35-29)24-7-6-18(32)12-22(24)33/h2,4-9,12,14,16-17,19,25H,3,10-11,13,15H2,1H3,(H,39,40)/t19-,25-/m0/s1. The van der Waals surface area contributed by atoms with Crippen molar-refractivity contribution in [3.05, 3.63) is 79.1 Å². The summed E-state index contributed by atoms with van der Waals surface area (Å²) in [4.78, 5) is 40.6. The first-order valence-corrected chi connectivity index (χ1v) is 14.6. The van der Waals surface area contributed by atoms with Crippen molar-refractivity contribution in [1.82, 2.24) is 44.2 Å². The summed E-state index contributed by atoms with van der Waals surface area (Å²) in [6.07, 6.45) is 7.66. The molecule has 0 radical (unpaired) electrons. The van der Waals surface area contributed by atoms with Gasteiger partial charge in [0.05, 0.1) is 29.1 Å². The van der Waals surface area contributed by atoms with E-state index in [9.17, 15) is 13.6 Å². The van der Waals surface area contributed by atoms with E-state index in [2.05, 4.69) is 34.9 Å². The maximum Gasteiger partial charge on any atom is 0.245 e. The molecule has 0 saturated carbocycles. The van der Waals surface area contributed by atoms with Crippen LogP contribution in [0.5, 0.6) is 0 Å². The number of nitrogens with one attached hydrogen (secondary N) is 1. The maximum atomic E-state index is 14.7. The number of aryl methyl sites for hydroxylation is 1. The number of benzene rings is 1. The minimum absolute atomic E-state index is 0.0440. The fourth-order valence-electron chi connectivity index (χ4n) is 6.39. The monoisotopic (exact) mass is 607 g/mol. The van der Waals surface area contributed by atoms with Crippen molar-refractivity contribution in [2.45, 2.75) is 31.5 Å². The van der Waals surface area contributed by atoms with E-state index >= 15 is 0 Å². The van der Waals surface area contributed by atoms with Crippen molar-refractivity contribution in [3.63, 3.8) is 0 Å². The molecule has 2 aliphatic heterocycles. The second-order valence-corrected chi connectivity index (χ2v) is 11.3. The number of hydrogen-bond donors (Lipinski definition) is 1. The van der Waals surface area contributed by atoms with Gasteiger partial charge in [-0.2, -0.15) is 5.10 Å². The Morgan fingerprint density at radius 1 is 1.02 bits per heavy atom. The number of fused-ring (bicyclic) bond motifs is 6. The molecule has 45 heavy (non-hydrogen) atoms. The first-order valence-electron chi connectivity index (χ1n) is 14.6. The average Bonchev–Trinajstić information content (AvgIpc) is 3.78. The number of carbonyl (C=O) groups is 1. The van der Waals surface area contributed by atoms with Crippen LogP contribution in [0.25, 0.3) is 39.1 Å². The maximum absolute atomic E-state index is 14.7. The lowest BCUT2D eigenvalue weighted by Gasteiger charge is -2.29. The van der Waals surface area contributed by atoms with Crippen molar-refractivity contribution in [1.29, 1.82) is 0 Å². The SMILES string of the molecule is CN1CCCn2cnc3nccc(c32)-c2cccc(n2)N[C@H]2C[C@@H](C1=O)N(c1ncnc3c1cnn3-c1ccc(F)cc1F)C2. The number of halogens is 2. The van der Waals surface area contributed by atoms with Crippen LogP contribution in [-0.2, 0) is 11.3 Å². The van der Waals surface area contributed by atoms with Gasteiger partial charge in [-0.25, -0.2) is 38.4 Å². The molecular weight excluding hydrogens is 580 g/mol. The number of anilines is 2. The molecule has 1 amide bonds. The summed E-state index contributed by atoms with van der Waals surface area (Å²) in [5.41, 5.74) is 3.69. The predicted molar refractivity (Wildman–Crippen MR) is 163 cm³/mol. The summed E-state index contributed by atoms with van der Waals surface area (Å²) in [5, 5.41) is 8.46. The van der Waals surface area contributed by atoms with Gasteiger partial charge in [0.2, 0.25) is 5.91 Å². The van der Waals surface area contributed by atoms with E-state index < -0.39 is 17.7 Å². The van der Waals surface area contributed by atoms with Gasteiger partial charge in [0.1, 0.15) is 35.5 Å². The normalized spacial score (nSPS) is 18.7. The van der Waals surface area contributed by atoms with Crippen LogP contribution >= 0.6 is 0 Å². The zero-order valence-electron chi connectivity index (χ0n) is 24.2. The molecule has 0 aliphatic carbocycles. The van der Waals surface area contributed by atoms with Crippen LogP contribution < -0.4 is 10.2 Å². The molecule has 5 aromatic heterocycles. The van der Waals surface area contributed by atoms with Crippen molar-refractivity contribution in [2.24, 2.45) is 0 Å². The molecule has 226 valence electrons. The summed E-state index contributed by atoms with van der Waals surface area (Å²) in [6, 6.07) is 10.4. The van der Waals surface area contributed by atoms with Crippen LogP contribution in [0.3, 0.4) is 0 Å². The zero-order valence-corrected chi connectivity index (χ0v) is 24.2. The van der Waals surface area contributed by atoms with E-state index in [1.807, 2.05) is 36.2 Å². The van der Waals surface area contributed by atoms with E-state index in [0.717, 1.165) is 22.8 Å². The average molecular weight is 608 g/mol. The number of carbonyl (C=O) groups excluding carboxylic acids is 1. The summed E-state index contributed by atoms with van der Waals surface area (Å²) in [5.74, 6) is -0.308. The Morgan fingerprint density at radius 2 is 1.93 bits per heavy atom. The van der Waals surface area contributed by atoms with Gasteiger partial charge in [-0.05, 0) is 43.2 Å². The summed E-state index contributed by atoms with van der Waals surface area (Å²) < 4.78 is 31.7. The molecule has 14 heteroatoms. The molecule has 1 saturated heterocycles. The molecule has 1 N–H and O–H groups in total. The minimum atomic E-state index is -0.765. The van der Waals surface area contributed by atoms with Gasteiger partial charge >= 0.3 is 0 Å². The second kappa shape index (κ2) is 10.6. The molecule has 6 aromatic rings. The molecule has 8 rings (SSSR count). The molecule has 12 nitrogen and oxygen atoms in total. The first kappa shape index (κ1) is 27.0. The van der Waals surface area contributed by atoms with Crippen LogP contribution in [0.4, 0.5) is 20.4 Å². The van der Waals surface area contributed by atoms with Crippen LogP contribution in [0.1, 0.15) is 12.8 Å². The number of imidazole rings is 1. The smallest absolute Gasteiger partial charge is 0.245 e. The third-order valence-electron chi connectivity index (χ3n) is 8.50. The van der Waals surface area contributed by atoms with Gasteiger partial charge in [-0.15, -0.1) is 0 Å². The lowest BCUT2D eigenvalue weighted by Crippen LogP contribution is -2.45. The van der Waals surface area contributed by atoms with Gasteiger partial charge in [-0.1, -0.05) is 6.07 Å². The quantitative estimate of drug-likeness (QED) is 0.313. The second-order valence-electron chi connectivity index (χ2n) is 11.3. The fourth-order valence-corrected chi connectivity index (χ4v) is 6.39. The molecule has 0 spiro atoms. The van der Waals surface area contributed by atoms with E-state index in [4.69, 9.17) is 4.98 Å². The highest BCUT2D eigenvalue weighted by Crippen LogP contribution is 2.33. The summed E-state index contributed by atoms with van der Waals surface area (Å²) >= 11 is 0. The van der Waals surface area contributed by atoms with Gasteiger partial charge in [0.15, 0.2) is 17.1 Å². The lowest BCUT2D eigenvalue weighted by molar-refractivity contribution is -0.131. The molecule has 2 atom stereocenters. The third kappa shape index (κ3) is 4.60. The van der Waals surface area contributed by atoms with E-state index in [-0.39, 0.29) is 17.6 Å². The molecule has 2 aliphatic rings. The van der Waals surface area contributed by atoms with Gasteiger partial charge in [0.25, 0.3) is 0 Å². The molecule has 1 aromatic carbocycles. The number of amides is 1. The minimum Gasteiger partial charge on any atom is -0.365 e. The lowest BCUT2D eigenvalue weighted by atomic mass is 10.1. The number of likely N-dealkylation sites (N-methyl/N-ethyl adjacent to an activating group) is 1. The molecular formula is C31H27F2N11O. The zero-order chi connectivity index (χ0) is 30.7. The summed E-state index contributed by atoms with van der Waals surface area (Å²) in [6.45, 7) is 1.63. The first-order chi connectivity index (χ1) is 21.9. The van der Waals surface area contributed by atoms with Crippen LogP contribution in [-0.4, -0.2) is 82.3 Å². The highest BCUT2D eigenvalue weighted by Gasteiger charge is 2.40. The van der Waals surface area contributed by atoms with Crippen LogP contribution in [0, 0.1) is 11.6 Å². The van der Waals surface area contributed by atoms with Gasteiger partial charge in [-0.3, -0.25) is 4.79 Å². The predicted octanol–water partition coefficient (Wildman–Crippen LogP) is 3.82. The molecule has 4 bridgehead atoms. The van der Waals surface area contributed by atoms with Crippen LogP contribution in [0.15, 0.2) is 67.5 Å². The Morgan fingerprint density at radius 3 is 2.82 bits per heavy atom. The van der Waals surface area contributed by atoms with Crippen molar-refractivity contribution < 1.29 is 13.6 Å². The molecule has 7 heterocycles. The third-order valence-corrected chi connectivity index (χ3v) is 8.50. The Balaban J connectivity index is 1.19. The molecule has 0 unspecified atom stereocenters. The highest BCUT2D eigenvalue weighted by atomic mass is 19.1. The van der Waals surface area contributed by atoms with Crippen molar-refractivity contribution in [2.75, 3.05) is 30.4 Å². The van der Waals surface area contributed by atoms with E-state index in [1.54, 1.807) is 23.6 Å². The van der Waals surface area contributed by atoms with Gasteiger partial charge < -0.3 is 19.7 Å².